The van der Waals surface area contributed by atoms with Gasteiger partial charge in [0.25, 0.3) is 0 Å². The van der Waals surface area contributed by atoms with Crippen molar-refractivity contribution in [2.45, 2.75) is 40.2 Å². The molecule has 156 valence electrons. The molecule has 0 aliphatic carbocycles. The average molecular weight is 417 g/mol. The fraction of sp³-hybridized carbons (Fsp3) is 0.364. The highest BCUT2D eigenvalue weighted by Gasteiger charge is 2.23. The van der Waals surface area contributed by atoms with E-state index in [1.54, 1.807) is 18.2 Å². The summed E-state index contributed by atoms with van der Waals surface area (Å²) in [7, 11) is -3.71. The van der Waals surface area contributed by atoms with E-state index in [1.165, 1.54) is 18.6 Å². The maximum absolute atomic E-state index is 12.7. The number of ketones is 1. The molecule has 7 heteroatoms. The molecule has 1 N–H and O–H groups in total. The summed E-state index contributed by atoms with van der Waals surface area (Å²) in [6, 6.07) is 12.1. The van der Waals surface area contributed by atoms with E-state index in [-0.39, 0.29) is 24.1 Å². The molecule has 0 bridgehead atoms. The highest BCUT2D eigenvalue weighted by Crippen LogP contribution is 2.22. The molecule has 2 aromatic carbocycles. The summed E-state index contributed by atoms with van der Waals surface area (Å²) in [6.07, 6.45) is 1.72. The van der Waals surface area contributed by atoms with Gasteiger partial charge in [0, 0.05) is 5.56 Å². The van der Waals surface area contributed by atoms with Crippen molar-refractivity contribution in [3.8, 4) is 0 Å². The number of sulfonamides is 1. The number of nitrogens with one attached hydrogen (secondary N) is 1. The Bertz CT molecular complexity index is 1020. The normalized spacial score (nSPS) is 12.3. The van der Waals surface area contributed by atoms with Gasteiger partial charge in [-0.15, -0.1) is 0 Å². The van der Waals surface area contributed by atoms with Crippen molar-refractivity contribution >= 4 is 27.4 Å². The Morgan fingerprint density at radius 3 is 2.31 bits per heavy atom. The Labute approximate surface area is 173 Å². The molecule has 0 saturated carbocycles. The van der Waals surface area contributed by atoms with E-state index in [4.69, 9.17) is 0 Å². The number of carbonyl (C=O) groups is 2. The molecule has 0 heterocycles. The molecule has 0 saturated heterocycles. The lowest BCUT2D eigenvalue weighted by atomic mass is 9.99. The van der Waals surface area contributed by atoms with Crippen molar-refractivity contribution in [1.29, 1.82) is 0 Å². The Hall–Kier alpha value is -2.67. The molecule has 1 amide bonds. The van der Waals surface area contributed by atoms with E-state index < -0.39 is 15.9 Å². The van der Waals surface area contributed by atoms with Gasteiger partial charge in [0.05, 0.1) is 18.0 Å². The third-order valence-electron chi connectivity index (χ3n) is 4.91. The predicted molar refractivity (Wildman–Crippen MR) is 116 cm³/mol. The third kappa shape index (κ3) is 5.90. The zero-order valence-electron chi connectivity index (χ0n) is 17.5. The molecule has 1 unspecified atom stereocenters. The first-order valence-electron chi connectivity index (χ1n) is 9.48. The predicted octanol–water partition coefficient (Wildman–Crippen LogP) is 3.54. The monoisotopic (exact) mass is 416 g/mol. The first-order valence-corrected chi connectivity index (χ1v) is 11.3. The van der Waals surface area contributed by atoms with Crippen LogP contribution in [-0.4, -0.2) is 32.9 Å². The van der Waals surface area contributed by atoms with Crippen molar-refractivity contribution in [1.82, 2.24) is 5.32 Å². The van der Waals surface area contributed by atoms with Crippen molar-refractivity contribution < 1.29 is 18.0 Å². The zero-order chi connectivity index (χ0) is 21.8. The van der Waals surface area contributed by atoms with Crippen molar-refractivity contribution in [3.05, 3.63) is 64.7 Å². The fourth-order valence-electron chi connectivity index (χ4n) is 3.05. The second-order valence-corrected chi connectivity index (χ2v) is 9.16. The minimum Gasteiger partial charge on any atom is -0.348 e. The van der Waals surface area contributed by atoms with Crippen LogP contribution in [0, 0.1) is 13.8 Å². The lowest BCUT2D eigenvalue weighted by Crippen LogP contribution is -2.41. The molecule has 6 nitrogen and oxygen atoms in total. The number of hydrogen-bond donors (Lipinski definition) is 1. The van der Waals surface area contributed by atoms with E-state index in [0.29, 0.717) is 12.0 Å². The molecule has 2 rings (SSSR count). The molecule has 2 aromatic rings. The lowest BCUT2D eigenvalue weighted by Gasteiger charge is -2.24. The van der Waals surface area contributed by atoms with Crippen LogP contribution in [-0.2, 0) is 14.8 Å². The lowest BCUT2D eigenvalue weighted by molar-refractivity contribution is -0.120. The number of anilines is 1. The molecule has 0 spiro atoms. The van der Waals surface area contributed by atoms with E-state index in [1.807, 2.05) is 39.0 Å². The molecule has 0 aromatic heterocycles. The van der Waals surface area contributed by atoms with E-state index in [9.17, 15) is 18.0 Å². The van der Waals surface area contributed by atoms with Crippen LogP contribution >= 0.6 is 0 Å². The smallest absolute Gasteiger partial charge is 0.241 e. The number of nitrogens with zero attached hydrogens (tertiary/aromatic N) is 1. The minimum atomic E-state index is -3.71. The molecular formula is C22H28N2O4S. The zero-order valence-corrected chi connectivity index (χ0v) is 18.3. The summed E-state index contributed by atoms with van der Waals surface area (Å²) in [5.74, 6) is -0.584. The van der Waals surface area contributed by atoms with Crippen LogP contribution in [0.3, 0.4) is 0 Å². The third-order valence-corrected chi connectivity index (χ3v) is 6.05. The topological polar surface area (TPSA) is 83.6 Å². The number of carbonyl (C=O) groups excluding carboxylic acids is 2. The first-order chi connectivity index (χ1) is 13.5. The Morgan fingerprint density at radius 1 is 1.07 bits per heavy atom. The van der Waals surface area contributed by atoms with Gasteiger partial charge in [-0.1, -0.05) is 37.3 Å². The molecule has 29 heavy (non-hydrogen) atoms. The number of amides is 1. The van der Waals surface area contributed by atoms with Crippen LogP contribution < -0.4 is 9.62 Å². The Balaban J connectivity index is 2.25. The van der Waals surface area contributed by atoms with Crippen LogP contribution in [0.4, 0.5) is 5.69 Å². The van der Waals surface area contributed by atoms with Gasteiger partial charge in [0.15, 0.2) is 5.78 Å². The van der Waals surface area contributed by atoms with Gasteiger partial charge in [0.1, 0.15) is 6.54 Å². The van der Waals surface area contributed by atoms with Gasteiger partial charge in [-0.3, -0.25) is 13.9 Å². The summed E-state index contributed by atoms with van der Waals surface area (Å²) in [5.41, 5.74) is 3.96. The number of Topliss-reactive ketones (excluding diaryl/α,β-unsaturated/α-hetero) is 1. The second-order valence-electron chi connectivity index (χ2n) is 7.25. The largest absolute Gasteiger partial charge is 0.348 e. The standard InChI is InChI=1S/C22H28N2O4S/c1-6-21(19-11-10-15(2)16(3)12-19)23-22(26)14-24(29(5,27)28)20-9-7-8-18(13-20)17(4)25/h7-13,21H,6,14H2,1-5H3,(H,23,26). The minimum absolute atomic E-state index is 0.175. The maximum Gasteiger partial charge on any atom is 0.241 e. The van der Waals surface area contributed by atoms with E-state index in [0.717, 1.165) is 21.7 Å². The highest BCUT2D eigenvalue weighted by atomic mass is 32.2. The molecule has 0 radical (unpaired) electrons. The van der Waals surface area contributed by atoms with Crippen LogP contribution in [0.25, 0.3) is 0 Å². The second kappa shape index (κ2) is 9.22. The summed E-state index contributed by atoms with van der Waals surface area (Å²) < 4.78 is 25.6. The van der Waals surface area contributed by atoms with Gasteiger partial charge >= 0.3 is 0 Å². The summed E-state index contributed by atoms with van der Waals surface area (Å²) >= 11 is 0. The van der Waals surface area contributed by atoms with Crippen LogP contribution in [0.5, 0.6) is 0 Å². The van der Waals surface area contributed by atoms with Gasteiger partial charge in [0.2, 0.25) is 15.9 Å². The first kappa shape index (κ1) is 22.6. The summed E-state index contributed by atoms with van der Waals surface area (Å²) in [6.45, 7) is 7.05. The Morgan fingerprint density at radius 2 is 1.76 bits per heavy atom. The number of rotatable bonds is 8. The molecule has 0 aliphatic rings. The van der Waals surface area contributed by atoms with Gasteiger partial charge < -0.3 is 5.32 Å². The van der Waals surface area contributed by atoms with E-state index >= 15 is 0 Å². The van der Waals surface area contributed by atoms with Crippen molar-refractivity contribution in [3.63, 3.8) is 0 Å². The fourth-order valence-corrected chi connectivity index (χ4v) is 3.90. The Kier molecular flexibility index (Phi) is 7.19. The average Bonchev–Trinajstić information content (AvgIpc) is 2.65. The van der Waals surface area contributed by atoms with Gasteiger partial charge in [-0.05, 0) is 56.0 Å². The van der Waals surface area contributed by atoms with Crippen LogP contribution in [0.2, 0.25) is 0 Å². The highest BCUT2D eigenvalue weighted by molar-refractivity contribution is 7.92. The number of hydrogen-bond acceptors (Lipinski definition) is 4. The van der Waals surface area contributed by atoms with E-state index in [2.05, 4.69) is 5.32 Å². The summed E-state index contributed by atoms with van der Waals surface area (Å²) in [5, 5.41) is 2.93. The molecule has 1 atom stereocenters. The quantitative estimate of drug-likeness (QED) is 0.667. The van der Waals surface area contributed by atoms with Crippen LogP contribution in [0.1, 0.15) is 53.4 Å². The molecule has 0 aliphatic heterocycles. The van der Waals surface area contributed by atoms with Crippen molar-refractivity contribution in [2.75, 3.05) is 17.1 Å². The van der Waals surface area contributed by atoms with Gasteiger partial charge in [-0.2, -0.15) is 0 Å². The van der Waals surface area contributed by atoms with Crippen LogP contribution in [0.15, 0.2) is 42.5 Å². The number of benzene rings is 2. The van der Waals surface area contributed by atoms with Crippen molar-refractivity contribution in [2.24, 2.45) is 0 Å². The maximum atomic E-state index is 12.7. The molecule has 0 fully saturated rings. The number of aryl methyl sites for hydroxylation is 2. The molecular weight excluding hydrogens is 388 g/mol. The van der Waals surface area contributed by atoms with Gasteiger partial charge in [-0.25, -0.2) is 8.42 Å². The summed E-state index contributed by atoms with van der Waals surface area (Å²) in [4.78, 5) is 24.3. The SMILES string of the molecule is CCC(NC(=O)CN(c1cccc(C(C)=O)c1)S(C)(=O)=O)c1ccc(C)c(C)c1.